The molecule has 2 unspecified atom stereocenters. The molecule has 1 fully saturated rings. The molecule has 1 aromatic rings. The van der Waals surface area contributed by atoms with Crippen LogP contribution < -0.4 is 10.2 Å². The number of aliphatic carboxylic acids is 1. The van der Waals surface area contributed by atoms with Gasteiger partial charge in [-0.2, -0.15) is 12.1 Å². The Morgan fingerprint density at radius 2 is 1.64 bits per heavy atom. The van der Waals surface area contributed by atoms with Gasteiger partial charge in [0.25, 0.3) is 5.69 Å². The summed E-state index contributed by atoms with van der Waals surface area (Å²) in [5.74, 6) is -3.14. The summed E-state index contributed by atoms with van der Waals surface area (Å²) in [6.07, 6.45) is 3.61. The quantitative estimate of drug-likeness (QED) is 0.409. The van der Waals surface area contributed by atoms with Crippen LogP contribution >= 0.6 is 0 Å². The van der Waals surface area contributed by atoms with Gasteiger partial charge in [0.05, 0.1) is 10.9 Å². The minimum Gasteiger partial charge on any atom is -0.676 e. The normalized spacial score (nSPS) is 19.0. The summed E-state index contributed by atoms with van der Waals surface area (Å²) in [5, 5.41) is 31.3. The predicted molar refractivity (Wildman–Crippen MR) is 80.8 cm³/mol. The molecule has 1 aliphatic carbocycles. The molecule has 9 nitrogen and oxygen atoms in total. The second kappa shape index (κ2) is 10.9. The maximum atomic E-state index is 10.6. The van der Waals surface area contributed by atoms with E-state index in [9.17, 15) is 29.9 Å². The summed E-state index contributed by atoms with van der Waals surface area (Å²) < 4.78 is 0. The number of nitro benzene ring substituents is 1. The molecule has 0 spiro atoms. The first-order valence-corrected chi connectivity index (χ1v) is 7.33. The van der Waals surface area contributed by atoms with Gasteiger partial charge in [-0.1, -0.05) is 31.7 Å². The van der Waals surface area contributed by atoms with Crippen molar-refractivity contribution in [3.05, 3.63) is 50.9 Å². The first-order valence-electron chi connectivity index (χ1n) is 7.33. The van der Waals surface area contributed by atoms with Gasteiger partial charge >= 0.3 is 21.1 Å². The van der Waals surface area contributed by atoms with Crippen molar-refractivity contribution in [2.45, 2.75) is 44.2 Å². The molecular weight excluding hydrogens is 513 g/mol. The average molecular weight is 530 g/mol. The van der Waals surface area contributed by atoms with E-state index in [1.165, 1.54) is 12.8 Å². The van der Waals surface area contributed by atoms with Crippen LogP contribution in [0.1, 0.15) is 41.6 Å². The Bertz CT molecular complexity index is 615. The Balaban J connectivity index is 0.000000540. The van der Waals surface area contributed by atoms with E-state index in [1.54, 1.807) is 0 Å². The third-order valence-electron chi connectivity index (χ3n) is 3.62. The molecule has 0 saturated heterocycles. The van der Waals surface area contributed by atoms with Crippen molar-refractivity contribution in [3.63, 3.8) is 0 Å². The number of carbonyl (C=O) groups excluding carboxylic acids is 2. The number of carboxylic acids is 2. The Morgan fingerprint density at radius 3 is 2.00 bits per heavy atom. The van der Waals surface area contributed by atoms with Crippen LogP contribution in [0.3, 0.4) is 0 Å². The van der Waals surface area contributed by atoms with E-state index in [1.807, 2.05) is 0 Å². The smallest absolute Gasteiger partial charge is 0.676 e. The first-order chi connectivity index (χ1) is 11.2. The SMILES string of the molecule is O=C([O-])Cc1ccc([N+](=O)[O-])cc1C(=O)[O-].[NH-]C1CCCCC1[NH-].[Pt+4]. The van der Waals surface area contributed by atoms with Crippen LogP contribution in [0.2, 0.25) is 0 Å². The van der Waals surface area contributed by atoms with E-state index >= 15 is 0 Å². The zero-order valence-corrected chi connectivity index (χ0v) is 15.4. The number of non-ortho nitro benzene ring substituents is 1. The fraction of sp³-hybridized carbons (Fsp3) is 0.467. The number of nitro groups is 1. The zero-order valence-electron chi connectivity index (χ0n) is 13.1. The van der Waals surface area contributed by atoms with Gasteiger partial charge in [0.15, 0.2) is 0 Å². The number of rotatable bonds is 4. The van der Waals surface area contributed by atoms with Crippen molar-refractivity contribution in [3.8, 4) is 0 Å². The standard InChI is InChI=1S/C9H7NO6.C6H12N2.Pt/c11-8(12)3-5-1-2-6(10(15)16)4-7(5)9(13)14;7-5-3-1-2-4-6(5)8;/h1-2,4H,3H2,(H,11,12)(H,13,14);5-8H,1-4H2;/q;-2;+4/p-2. The van der Waals surface area contributed by atoms with Crippen molar-refractivity contribution in [1.82, 2.24) is 0 Å². The van der Waals surface area contributed by atoms with E-state index in [4.69, 9.17) is 11.5 Å². The van der Waals surface area contributed by atoms with E-state index in [2.05, 4.69) is 0 Å². The average Bonchev–Trinajstić information content (AvgIpc) is 2.50. The van der Waals surface area contributed by atoms with Crippen LogP contribution in [-0.2, 0) is 32.3 Å². The van der Waals surface area contributed by atoms with Gasteiger partial charge in [0.1, 0.15) is 0 Å². The molecule has 0 radical (unpaired) electrons. The summed E-state index contributed by atoms with van der Waals surface area (Å²) in [4.78, 5) is 30.5. The van der Waals surface area contributed by atoms with Crippen LogP contribution in [0.25, 0.3) is 11.5 Å². The largest absolute Gasteiger partial charge is 4.00 e. The monoisotopic (exact) mass is 530 g/mol. The molecule has 0 heterocycles. The fourth-order valence-electron chi connectivity index (χ4n) is 2.31. The summed E-state index contributed by atoms with van der Waals surface area (Å²) in [6, 6.07) is 2.67. The minimum atomic E-state index is -1.67. The fourth-order valence-corrected chi connectivity index (χ4v) is 2.31. The molecule has 10 heteroatoms. The number of hydrogen-bond acceptors (Lipinski definition) is 6. The Labute approximate surface area is 158 Å². The number of carboxylic acid groups (broad SMARTS) is 2. The molecule has 2 atom stereocenters. The molecule has 1 aliphatic rings. The zero-order chi connectivity index (χ0) is 18.3. The van der Waals surface area contributed by atoms with Crippen LogP contribution in [0.4, 0.5) is 5.69 Å². The van der Waals surface area contributed by atoms with Gasteiger partial charge < -0.3 is 31.3 Å². The summed E-state index contributed by atoms with van der Waals surface area (Å²) in [7, 11) is 0. The molecule has 2 rings (SSSR count). The second-order valence-electron chi connectivity index (χ2n) is 5.43. The second-order valence-corrected chi connectivity index (χ2v) is 5.43. The van der Waals surface area contributed by atoms with E-state index < -0.39 is 34.5 Å². The molecule has 2 N–H and O–H groups in total. The predicted octanol–water partition coefficient (Wildman–Crippen LogP) is 0.650. The number of benzene rings is 1. The Hall–Kier alpha value is -1.83. The van der Waals surface area contributed by atoms with Gasteiger partial charge in [0, 0.05) is 30.1 Å². The molecule has 138 valence electrons. The van der Waals surface area contributed by atoms with Crippen molar-refractivity contribution in [2.24, 2.45) is 0 Å². The molecule has 0 aliphatic heterocycles. The van der Waals surface area contributed by atoms with Gasteiger partial charge in [-0.3, -0.25) is 10.1 Å². The molecule has 0 bridgehead atoms. The van der Waals surface area contributed by atoms with Gasteiger partial charge in [-0.05, 0) is 5.56 Å². The maximum absolute atomic E-state index is 10.6. The van der Waals surface area contributed by atoms with Crippen LogP contribution in [0, 0.1) is 10.1 Å². The first kappa shape index (κ1) is 23.2. The number of carbonyl (C=O) groups is 2. The molecule has 25 heavy (non-hydrogen) atoms. The topological polar surface area (TPSA) is 171 Å². The van der Waals surface area contributed by atoms with Gasteiger partial charge in [-0.25, -0.2) is 0 Å². The van der Waals surface area contributed by atoms with E-state index in [-0.39, 0.29) is 38.7 Å². The molecule has 0 amide bonds. The van der Waals surface area contributed by atoms with Crippen molar-refractivity contribution >= 4 is 17.6 Å². The van der Waals surface area contributed by atoms with Crippen molar-refractivity contribution < 1.29 is 45.8 Å². The summed E-state index contributed by atoms with van der Waals surface area (Å²) in [5.41, 5.74) is 13.5. The van der Waals surface area contributed by atoms with E-state index in [0.29, 0.717) is 0 Å². The van der Waals surface area contributed by atoms with Crippen LogP contribution in [0.5, 0.6) is 0 Å². The Morgan fingerprint density at radius 1 is 1.12 bits per heavy atom. The van der Waals surface area contributed by atoms with Crippen LogP contribution in [-0.4, -0.2) is 28.9 Å². The number of nitrogens with one attached hydrogen (secondary N) is 2. The van der Waals surface area contributed by atoms with Crippen molar-refractivity contribution in [1.29, 1.82) is 0 Å². The maximum Gasteiger partial charge on any atom is 4.00 e. The number of aromatic carboxylic acids is 1. The third kappa shape index (κ3) is 7.72. The van der Waals surface area contributed by atoms with Crippen molar-refractivity contribution in [2.75, 3.05) is 0 Å². The third-order valence-corrected chi connectivity index (χ3v) is 3.62. The Kier molecular flexibility index (Phi) is 10.1. The molecular formula is C15H17N3O6Pt. The van der Waals surface area contributed by atoms with Gasteiger partial charge in [0.2, 0.25) is 0 Å². The summed E-state index contributed by atoms with van der Waals surface area (Å²) >= 11 is 0. The molecule has 0 aromatic heterocycles. The minimum absolute atomic E-state index is 0. The molecule has 1 aromatic carbocycles. The van der Waals surface area contributed by atoms with Crippen LogP contribution in [0.15, 0.2) is 18.2 Å². The van der Waals surface area contributed by atoms with E-state index in [0.717, 1.165) is 31.0 Å². The van der Waals surface area contributed by atoms with Gasteiger partial charge in [-0.15, -0.1) is 0 Å². The molecule has 1 saturated carbocycles. The number of nitrogens with zero attached hydrogens (tertiary/aromatic N) is 1. The summed E-state index contributed by atoms with van der Waals surface area (Å²) in [6.45, 7) is 0. The number of hydrogen-bond donors (Lipinski definition) is 0.